The number of anilines is 2. The molecule has 1 aliphatic heterocycles. The van der Waals surface area contributed by atoms with Gasteiger partial charge in [0.2, 0.25) is 10.0 Å². The minimum Gasteiger partial charge on any atom is -0.495 e. The quantitative estimate of drug-likeness (QED) is 0.909. The third kappa shape index (κ3) is 3.46. The fourth-order valence-electron chi connectivity index (χ4n) is 2.97. The van der Waals surface area contributed by atoms with Crippen molar-refractivity contribution in [2.24, 2.45) is 0 Å². The van der Waals surface area contributed by atoms with E-state index in [1.165, 1.54) is 10.6 Å². The van der Waals surface area contributed by atoms with E-state index in [2.05, 4.69) is 5.32 Å². The topological polar surface area (TPSA) is 75.7 Å². The molecule has 1 N–H and O–H groups in total. The lowest BCUT2D eigenvalue weighted by Gasteiger charge is -2.16. The maximum Gasteiger partial charge on any atom is 0.255 e. The first kappa shape index (κ1) is 17.3. The molecule has 2 aromatic carbocycles. The van der Waals surface area contributed by atoms with Gasteiger partial charge in [0.05, 0.1) is 24.7 Å². The predicted molar refractivity (Wildman–Crippen MR) is 98.0 cm³/mol. The molecule has 0 aromatic heterocycles. The number of hydrogen-bond donors (Lipinski definition) is 1. The van der Waals surface area contributed by atoms with Crippen LogP contribution in [0.5, 0.6) is 5.75 Å². The van der Waals surface area contributed by atoms with Gasteiger partial charge in [-0.2, -0.15) is 0 Å². The molecule has 1 aliphatic rings. The first-order valence-corrected chi connectivity index (χ1v) is 9.71. The fourth-order valence-corrected chi connectivity index (χ4v) is 3.93. The van der Waals surface area contributed by atoms with Gasteiger partial charge < -0.3 is 10.1 Å². The number of fused-ring (bicyclic) bond motifs is 1. The molecule has 6 nitrogen and oxygen atoms in total. The third-order valence-corrected chi connectivity index (χ3v) is 5.38. The van der Waals surface area contributed by atoms with Gasteiger partial charge in [-0.05, 0) is 54.8 Å². The van der Waals surface area contributed by atoms with Crippen molar-refractivity contribution in [2.45, 2.75) is 13.3 Å². The first-order chi connectivity index (χ1) is 11.8. The lowest BCUT2D eigenvalue weighted by molar-refractivity contribution is 0.102. The van der Waals surface area contributed by atoms with Crippen molar-refractivity contribution in [1.29, 1.82) is 0 Å². The number of ether oxygens (including phenoxy) is 1. The summed E-state index contributed by atoms with van der Waals surface area (Å²) in [5.74, 6) is 0.327. The van der Waals surface area contributed by atoms with Crippen molar-refractivity contribution in [3.63, 3.8) is 0 Å². The molecule has 0 saturated heterocycles. The number of hydrogen-bond acceptors (Lipinski definition) is 4. The van der Waals surface area contributed by atoms with Gasteiger partial charge in [0, 0.05) is 12.1 Å². The second-order valence-corrected chi connectivity index (χ2v) is 7.99. The summed E-state index contributed by atoms with van der Waals surface area (Å²) in [4.78, 5) is 12.6. The molecule has 25 heavy (non-hydrogen) atoms. The second kappa shape index (κ2) is 6.40. The normalized spacial score (nSPS) is 13.5. The molecule has 1 amide bonds. The standard InChI is InChI=1S/C18H20N2O4S/c1-12-4-7-17(24-2)15(10-12)19-18(21)14-5-6-16-13(11-14)8-9-20(16)25(3,22)23/h4-7,10-11H,8-9H2,1-3H3,(H,19,21). The van der Waals surface area contributed by atoms with Crippen LogP contribution in [-0.2, 0) is 16.4 Å². The maximum absolute atomic E-state index is 12.6. The Morgan fingerprint density at radius 3 is 2.64 bits per heavy atom. The van der Waals surface area contributed by atoms with E-state index in [-0.39, 0.29) is 5.91 Å². The van der Waals surface area contributed by atoms with Crippen molar-refractivity contribution < 1.29 is 17.9 Å². The van der Waals surface area contributed by atoms with Crippen molar-refractivity contribution >= 4 is 27.3 Å². The smallest absolute Gasteiger partial charge is 0.255 e. The van der Waals surface area contributed by atoms with Crippen LogP contribution in [0.1, 0.15) is 21.5 Å². The van der Waals surface area contributed by atoms with Gasteiger partial charge in [0.25, 0.3) is 5.91 Å². The van der Waals surface area contributed by atoms with Crippen LogP contribution in [0, 0.1) is 6.92 Å². The molecule has 0 atom stereocenters. The third-order valence-electron chi connectivity index (χ3n) is 4.20. The summed E-state index contributed by atoms with van der Waals surface area (Å²) in [6, 6.07) is 10.6. The summed E-state index contributed by atoms with van der Waals surface area (Å²) < 4.78 is 30.2. The molecule has 0 aliphatic carbocycles. The largest absolute Gasteiger partial charge is 0.495 e. The van der Waals surface area contributed by atoms with Crippen molar-refractivity contribution in [1.82, 2.24) is 0 Å². The van der Waals surface area contributed by atoms with Crippen LogP contribution in [0.2, 0.25) is 0 Å². The predicted octanol–water partition coefficient (Wildman–Crippen LogP) is 2.58. The van der Waals surface area contributed by atoms with E-state index in [4.69, 9.17) is 4.74 Å². The number of methoxy groups -OCH3 is 1. The number of nitrogens with one attached hydrogen (secondary N) is 1. The zero-order valence-corrected chi connectivity index (χ0v) is 15.2. The van der Waals surface area contributed by atoms with E-state index in [9.17, 15) is 13.2 Å². The molecule has 2 aromatic rings. The summed E-state index contributed by atoms with van der Waals surface area (Å²) in [5.41, 5.74) is 3.60. The highest BCUT2D eigenvalue weighted by molar-refractivity contribution is 7.92. The van der Waals surface area contributed by atoms with Gasteiger partial charge in [-0.25, -0.2) is 8.42 Å². The summed E-state index contributed by atoms with van der Waals surface area (Å²) in [5, 5.41) is 2.86. The number of aryl methyl sites for hydroxylation is 1. The van der Waals surface area contributed by atoms with Gasteiger partial charge in [0.15, 0.2) is 0 Å². The highest BCUT2D eigenvalue weighted by Gasteiger charge is 2.26. The first-order valence-electron chi connectivity index (χ1n) is 7.86. The van der Waals surface area contributed by atoms with Crippen LogP contribution in [0.15, 0.2) is 36.4 Å². The summed E-state index contributed by atoms with van der Waals surface area (Å²) in [6.07, 6.45) is 1.78. The molecular formula is C18H20N2O4S. The Balaban J connectivity index is 1.87. The van der Waals surface area contributed by atoms with Crippen LogP contribution < -0.4 is 14.4 Å². The molecule has 0 saturated carbocycles. The van der Waals surface area contributed by atoms with Gasteiger partial charge in [0.1, 0.15) is 5.75 Å². The average Bonchev–Trinajstić information content (AvgIpc) is 2.98. The Morgan fingerprint density at radius 1 is 1.20 bits per heavy atom. The van der Waals surface area contributed by atoms with E-state index < -0.39 is 10.0 Å². The Hall–Kier alpha value is -2.54. The summed E-state index contributed by atoms with van der Waals surface area (Å²) in [6.45, 7) is 2.34. The van der Waals surface area contributed by atoms with Gasteiger partial charge in [-0.1, -0.05) is 6.07 Å². The zero-order chi connectivity index (χ0) is 18.2. The van der Waals surface area contributed by atoms with Gasteiger partial charge >= 0.3 is 0 Å². The summed E-state index contributed by atoms with van der Waals surface area (Å²) in [7, 11) is -1.74. The van der Waals surface area contributed by atoms with Crippen molar-refractivity contribution in [3.8, 4) is 5.75 Å². The Labute approximate surface area is 147 Å². The van der Waals surface area contributed by atoms with Crippen LogP contribution in [0.25, 0.3) is 0 Å². The highest BCUT2D eigenvalue weighted by Crippen LogP contribution is 2.31. The van der Waals surface area contributed by atoms with E-state index in [0.29, 0.717) is 35.7 Å². The molecule has 132 valence electrons. The van der Waals surface area contributed by atoms with Crippen LogP contribution in [0.4, 0.5) is 11.4 Å². The lowest BCUT2D eigenvalue weighted by atomic mass is 10.1. The maximum atomic E-state index is 12.6. The molecule has 0 bridgehead atoms. The Morgan fingerprint density at radius 2 is 1.96 bits per heavy atom. The minimum atomic E-state index is -3.30. The van der Waals surface area contributed by atoms with Crippen molar-refractivity contribution in [2.75, 3.05) is 29.5 Å². The molecular weight excluding hydrogens is 340 g/mol. The zero-order valence-electron chi connectivity index (χ0n) is 14.4. The van der Waals surface area contributed by atoms with E-state index in [0.717, 1.165) is 11.1 Å². The molecule has 7 heteroatoms. The lowest BCUT2D eigenvalue weighted by Crippen LogP contribution is -2.27. The Kier molecular flexibility index (Phi) is 4.43. The number of benzene rings is 2. The number of rotatable bonds is 4. The van der Waals surface area contributed by atoms with E-state index >= 15 is 0 Å². The van der Waals surface area contributed by atoms with Crippen LogP contribution in [0.3, 0.4) is 0 Å². The van der Waals surface area contributed by atoms with Gasteiger partial charge in [-0.15, -0.1) is 0 Å². The fraction of sp³-hybridized carbons (Fsp3) is 0.278. The highest BCUT2D eigenvalue weighted by atomic mass is 32.2. The SMILES string of the molecule is COc1ccc(C)cc1NC(=O)c1ccc2c(c1)CCN2S(C)(=O)=O. The number of carbonyl (C=O) groups is 1. The number of nitrogens with zero attached hydrogens (tertiary/aromatic N) is 1. The number of sulfonamides is 1. The van der Waals surface area contributed by atoms with Gasteiger partial charge in [-0.3, -0.25) is 9.10 Å². The number of carbonyl (C=O) groups excluding carboxylic acids is 1. The van der Waals surface area contributed by atoms with E-state index in [1.54, 1.807) is 31.4 Å². The van der Waals surface area contributed by atoms with Crippen LogP contribution >= 0.6 is 0 Å². The monoisotopic (exact) mass is 360 g/mol. The Bertz CT molecular complexity index is 938. The molecule has 0 unspecified atom stereocenters. The molecule has 0 fully saturated rings. The summed E-state index contributed by atoms with van der Waals surface area (Å²) >= 11 is 0. The molecule has 0 spiro atoms. The van der Waals surface area contributed by atoms with Crippen molar-refractivity contribution in [3.05, 3.63) is 53.1 Å². The van der Waals surface area contributed by atoms with Crippen LogP contribution in [-0.4, -0.2) is 34.2 Å². The molecule has 3 rings (SSSR count). The average molecular weight is 360 g/mol. The van der Waals surface area contributed by atoms with E-state index in [1.807, 2.05) is 19.1 Å². The second-order valence-electron chi connectivity index (χ2n) is 6.09. The number of amides is 1. The molecule has 1 heterocycles. The molecule has 0 radical (unpaired) electrons. The minimum absolute atomic E-state index is 0.260.